The second-order valence-corrected chi connectivity index (χ2v) is 9.21. The second kappa shape index (κ2) is 10.2. The number of nitrogens with one attached hydrogen (secondary N) is 2. The van der Waals surface area contributed by atoms with E-state index in [-0.39, 0.29) is 29.4 Å². The highest BCUT2D eigenvalue weighted by Crippen LogP contribution is 2.40. The van der Waals surface area contributed by atoms with E-state index >= 15 is 0 Å². The molecule has 1 aromatic carbocycles. The molecule has 0 spiro atoms. The van der Waals surface area contributed by atoms with Crippen molar-refractivity contribution in [3.8, 4) is 0 Å². The predicted molar refractivity (Wildman–Crippen MR) is 118 cm³/mol. The van der Waals surface area contributed by atoms with Gasteiger partial charge in [0.1, 0.15) is 0 Å². The molecule has 0 aliphatic heterocycles. The number of aliphatic hydroxyl groups is 1. The topological polar surface area (TPSA) is 87.7 Å². The van der Waals surface area contributed by atoms with Crippen molar-refractivity contribution >= 4 is 11.9 Å². The lowest BCUT2D eigenvalue weighted by molar-refractivity contribution is -0.135. The Kier molecular flexibility index (Phi) is 8.21. The van der Waals surface area contributed by atoms with Crippen LogP contribution in [0, 0.1) is 0 Å². The Labute approximate surface area is 180 Å². The number of esters is 1. The molecule has 1 amide bonds. The van der Waals surface area contributed by atoms with Gasteiger partial charge in [0.15, 0.2) is 0 Å². The number of benzene rings is 1. The molecule has 1 aliphatic carbocycles. The molecule has 3 N–H and O–H groups in total. The molecule has 1 aliphatic rings. The summed E-state index contributed by atoms with van der Waals surface area (Å²) in [5.41, 5.74) is 3.28. The van der Waals surface area contributed by atoms with Gasteiger partial charge in [-0.1, -0.05) is 50.6 Å². The highest BCUT2D eigenvalue weighted by molar-refractivity contribution is 5.82. The molecule has 0 saturated heterocycles. The maximum Gasteiger partial charge on any atom is 0.330 e. The van der Waals surface area contributed by atoms with Gasteiger partial charge in [-0.3, -0.25) is 4.79 Å². The van der Waals surface area contributed by atoms with Crippen molar-refractivity contribution in [2.45, 2.75) is 70.4 Å². The van der Waals surface area contributed by atoms with E-state index in [1.807, 2.05) is 0 Å². The minimum Gasteiger partial charge on any atom is -0.466 e. The maximum atomic E-state index is 11.6. The zero-order valence-corrected chi connectivity index (χ0v) is 18.9. The first kappa shape index (κ1) is 24.1. The van der Waals surface area contributed by atoms with E-state index in [0.717, 1.165) is 31.3 Å². The van der Waals surface area contributed by atoms with Gasteiger partial charge < -0.3 is 20.5 Å². The lowest BCUT2D eigenvalue weighted by atomic mass is 9.73. The molecule has 0 aromatic heterocycles. The standard InChI is InChI=1S/C24H36N2O4/c1-17(27)25-15-21(28)16-26-24(11-9-18(10-12-24)13-22(29)30-5)20-8-6-7-19(14-20)23(2,3)4/h6-8,13-14,21,26,28H,9-12,15-16H2,1-5H3,(H,25,27). The first-order valence-corrected chi connectivity index (χ1v) is 10.6. The molecule has 166 valence electrons. The van der Waals surface area contributed by atoms with Gasteiger partial charge in [0.25, 0.3) is 0 Å². The minimum atomic E-state index is -0.677. The van der Waals surface area contributed by atoms with Crippen molar-refractivity contribution in [2.24, 2.45) is 0 Å². The monoisotopic (exact) mass is 416 g/mol. The lowest BCUT2D eigenvalue weighted by Gasteiger charge is -2.41. The molecular formula is C24H36N2O4. The van der Waals surface area contributed by atoms with E-state index in [0.29, 0.717) is 6.54 Å². The summed E-state index contributed by atoms with van der Waals surface area (Å²) >= 11 is 0. The number of aliphatic hydroxyl groups excluding tert-OH is 1. The van der Waals surface area contributed by atoms with Gasteiger partial charge in [-0.25, -0.2) is 4.79 Å². The number of rotatable bonds is 7. The smallest absolute Gasteiger partial charge is 0.330 e. The van der Waals surface area contributed by atoms with Crippen LogP contribution in [0.3, 0.4) is 0 Å². The van der Waals surface area contributed by atoms with Crippen LogP contribution >= 0.6 is 0 Å². The Balaban J connectivity index is 2.25. The highest BCUT2D eigenvalue weighted by atomic mass is 16.5. The lowest BCUT2D eigenvalue weighted by Crippen LogP contribution is -2.49. The van der Waals surface area contributed by atoms with E-state index < -0.39 is 6.10 Å². The first-order valence-electron chi connectivity index (χ1n) is 10.6. The average molecular weight is 417 g/mol. The normalized spacial score (nSPS) is 20.4. The summed E-state index contributed by atoms with van der Waals surface area (Å²) < 4.78 is 4.77. The largest absolute Gasteiger partial charge is 0.466 e. The summed E-state index contributed by atoms with van der Waals surface area (Å²) in [4.78, 5) is 22.8. The number of amides is 1. The summed E-state index contributed by atoms with van der Waals surface area (Å²) in [7, 11) is 1.39. The summed E-state index contributed by atoms with van der Waals surface area (Å²) in [6, 6.07) is 8.63. The Hall–Kier alpha value is -2.18. The van der Waals surface area contributed by atoms with Gasteiger partial charge in [-0.05, 0) is 42.2 Å². The molecule has 2 rings (SSSR count). The first-order chi connectivity index (χ1) is 14.1. The van der Waals surface area contributed by atoms with Gasteiger partial charge in [0, 0.05) is 31.6 Å². The third-order valence-corrected chi connectivity index (χ3v) is 5.81. The van der Waals surface area contributed by atoms with E-state index in [1.54, 1.807) is 6.08 Å². The van der Waals surface area contributed by atoms with Gasteiger partial charge >= 0.3 is 5.97 Å². The molecule has 0 radical (unpaired) electrons. The van der Waals surface area contributed by atoms with Gasteiger partial charge in [0.2, 0.25) is 5.91 Å². The Morgan fingerprint density at radius 2 is 1.90 bits per heavy atom. The zero-order chi connectivity index (χ0) is 22.4. The van der Waals surface area contributed by atoms with E-state index in [4.69, 9.17) is 4.74 Å². The quantitative estimate of drug-likeness (QED) is 0.470. The molecule has 1 aromatic rings. The van der Waals surface area contributed by atoms with Crippen LogP contribution in [-0.4, -0.2) is 43.3 Å². The Bertz CT molecular complexity index is 770. The highest BCUT2D eigenvalue weighted by Gasteiger charge is 2.36. The number of hydrogen-bond acceptors (Lipinski definition) is 5. The van der Waals surface area contributed by atoms with Crippen molar-refractivity contribution in [3.05, 3.63) is 47.0 Å². The van der Waals surface area contributed by atoms with Crippen molar-refractivity contribution in [2.75, 3.05) is 20.2 Å². The SMILES string of the molecule is COC(=O)C=C1CCC(NCC(O)CNC(C)=O)(c2cccc(C(C)(C)C)c2)CC1. The average Bonchev–Trinajstić information content (AvgIpc) is 2.71. The van der Waals surface area contributed by atoms with Crippen LogP contribution in [-0.2, 0) is 25.3 Å². The number of carbonyl (C=O) groups excluding carboxylic acids is 2. The van der Waals surface area contributed by atoms with E-state index in [9.17, 15) is 14.7 Å². The van der Waals surface area contributed by atoms with Crippen molar-refractivity contribution in [1.82, 2.24) is 10.6 Å². The maximum absolute atomic E-state index is 11.6. The van der Waals surface area contributed by atoms with Crippen LogP contribution < -0.4 is 10.6 Å². The van der Waals surface area contributed by atoms with Crippen LogP contribution in [0.25, 0.3) is 0 Å². The van der Waals surface area contributed by atoms with E-state index in [2.05, 4.69) is 55.7 Å². The third kappa shape index (κ3) is 6.67. The predicted octanol–water partition coefficient (Wildman–Crippen LogP) is 2.94. The van der Waals surface area contributed by atoms with E-state index in [1.165, 1.54) is 25.2 Å². The molecule has 0 heterocycles. The minimum absolute atomic E-state index is 0.0345. The zero-order valence-electron chi connectivity index (χ0n) is 18.9. The number of methoxy groups -OCH3 is 1. The van der Waals surface area contributed by atoms with Crippen LogP contribution in [0.1, 0.15) is 64.5 Å². The molecule has 6 heteroatoms. The molecular weight excluding hydrogens is 380 g/mol. The van der Waals surface area contributed by atoms with Crippen molar-refractivity contribution in [1.29, 1.82) is 0 Å². The third-order valence-electron chi connectivity index (χ3n) is 5.81. The Morgan fingerprint density at radius 3 is 2.47 bits per heavy atom. The summed E-state index contributed by atoms with van der Waals surface area (Å²) in [5.74, 6) is -0.470. The molecule has 30 heavy (non-hydrogen) atoms. The molecule has 1 fully saturated rings. The summed E-state index contributed by atoms with van der Waals surface area (Å²) in [6.45, 7) is 8.62. The summed E-state index contributed by atoms with van der Waals surface area (Å²) in [5, 5.41) is 16.6. The molecule has 1 unspecified atom stereocenters. The molecule has 1 atom stereocenters. The van der Waals surface area contributed by atoms with Gasteiger partial charge in [-0.2, -0.15) is 0 Å². The van der Waals surface area contributed by atoms with Gasteiger partial charge in [-0.15, -0.1) is 0 Å². The number of ether oxygens (including phenoxy) is 1. The van der Waals surface area contributed by atoms with Crippen LogP contribution in [0.2, 0.25) is 0 Å². The van der Waals surface area contributed by atoms with Crippen LogP contribution in [0.5, 0.6) is 0 Å². The van der Waals surface area contributed by atoms with Crippen LogP contribution in [0.15, 0.2) is 35.9 Å². The number of hydrogen-bond donors (Lipinski definition) is 3. The second-order valence-electron chi connectivity index (χ2n) is 9.21. The summed E-state index contributed by atoms with van der Waals surface area (Å²) in [6.07, 6.45) is 4.12. The Morgan fingerprint density at radius 1 is 1.23 bits per heavy atom. The molecule has 1 saturated carbocycles. The fourth-order valence-electron chi connectivity index (χ4n) is 3.87. The van der Waals surface area contributed by atoms with Crippen molar-refractivity contribution in [3.63, 3.8) is 0 Å². The van der Waals surface area contributed by atoms with Gasteiger partial charge in [0.05, 0.1) is 13.2 Å². The van der Waals surface area contributed by atoms with Crippen LogP contribution in [0.4, 0.5) is 0 Å². The number of carbonyl (C=O) groups is 2. The molecule has 6 nitrogen and oxygen atoms in total. The fraction of sp³-hybridized carbons (Fsp3) is 0.583. The fourth-order valence-corrected chi connectivity index (χ4v) is 3.87. The van der Waals surface area contributed by atoms with Crippen molar-refractivity contribution < 1.29 is 19.4 Å². The molecule has 0 bridgehead atoms. The number of allylic oxidation sites excluding steroid dienone is 1.